The molecule has 1 unspecified atom stereocenters. The van der Waals surface area contributed by atoms with Gasteiger partial charge in [-0.2, -0.15) is 5.10 Å². The minimum Gasteiger partial charge on any atom is -0.378 e. The highest BCUT2D eigenvalue weighted by atomic mass is 79.9. The zero-order valence-corrected chi connectivity index (χ0v) is 9.35. The van der Waals surface area contributed by atoms with Crippen molar-refractivity contribution in [3.8, 4) is 0 Å². The van der Waals surface area contributed by atoms with Crippen molar-refractivity contribution in [2.24, 2.45) is 0 Å². The highest BCUT2D eigenvalue weighted by molar-refractivity contribution is 9.09. The summed E-state index contributed by atoms with van der Waals surface area (Å²) in [5, 5.41) is 7.95. The molecule has 1 aromatic heterocycles. The molecule has 76 valence electrons. The van der Waals surface area contributed by atoms with Gasteiger partial charge < -0.3 is 9.64 Å². The first-order valence-corrected chi connectivity index (χ1v) is 5.52. The summed E-state index contributed by atoms with van der Waals surface area (Å²) in [4.78, 5) is 2.55. The number of rotatable bonds is 1. The van der Waals surface area contributed by atoms with Gasteiger partial charge >= 0.3 is 0 Å². The predicted molar refractivity (Wildman–Crippen MR) is 57.8 cm³/mol. The Morgan fingerprint density at radius 2 is 2.50 bits per heavy atom. The number of hydrogen-bond acceptors (Lipinski definition) is 4. The van der Waals surface area contributed by atoms with Gasteiger partial charge in [-0.05, 0) is 12.1 Å². The number of nitrogens with zero attached hydrogens (tertiary/aromatic N) is 3. The largest absolute Gasteiger partial charge is 0.378 e. The monoisotopic (exact) mass is 257 g/mol. The summed E-state index contributed by atoms with van der Waals surface area (Å²) in [7, 11) is 0. The van der Waals surface area contributed by atoms with Crippen LogP contribution in [0.15, 0.2) is 18.3 Å². The summed E-state index contributed by atoms with van der Waals surface area (Å²) in [6, 6.07) is 3.87. The smallest absolute Gasteiger partial charge is 0.151 e. The number of halogens is 1. The van der Waals surface area contributed by atoms with Crippen molar-refractivity contribution in [3.05, 3.63) is 18.3 Å². The van der Waals surface area contributed by atoms with E-state index < -0.39 is 0 Å². The lowest BCUT2D eigenvalue weighted by Crippen LogP contribution is -2.30. The molecule has 0 spiro atoms. The average Bonchev–Trinajstić information content (AvgIpc) is 2.44. The lowest BCUT2D eigenvalue weighted by atomic mass is 10.4. The van der Waals surface area contributed by atoms with Crippen molar-refractivity contribution in [1.82, 2.24) is 10.2 Å². The third-order valence-corrected chi connectivity index (χ3v) is 2.66. The van der Waals surface area contributed by atoms with Gasteiger partial charge in [-0.25, -0.2) is 0 Å². The molecule has 0 saturated carbocycles. The van der Waals surface area contributed by atoms with Crippen molar-refractivity contribution >= 4 is 21.7 Å². The molecular formula is C9H12BrN3O. The molecular weight excluding hydrogens is 246 g/mol. The van der Waals surface area contributed by atoms with E-state index in [1.807, 2.05) is 12.1 Å². The van der Waals surface area contributed by atoms with E-state index in [-0.39, 0.29) is 0 Å². The summed E-state index contributed by atoms with van der Waals surface area (Å²) in [5.41, 5.74) is 0. The second kappa shape index (κ2) is 4.70. The fourth-order valence-electron chi connectivity index (χ4n) is 1.44. The summed E-state index contributed by atoms with van der Waals surface area (Å²) in [6.45, 7) is 3.30. The number of anilines is 1. The quantitative estimate of drug-likeness (QED) is 0.706. The van der Waals surface area contributed by atoms with Crippen molar-refractivity contribution in [2.75, 3.05) is 31.2 Å². The number of hydrogen-bond donors (Lipinski definition) is 0. The van der Waals surface area contributed by atoms with Crippen LogP contribution in [0, 0.1) is 0 Å². The van der Waals surface area contributed by atoms with Crippen molar-refractivity contribution in [3.63, 3.8) is 0 Å². The fraction of sp³-hybridized carbons (Fsp3) is 0.556. The van der Waals surface area contributed by atoms with Crippen LogP contribution in [-0.4, -0.2) is 41.3 Å². The van der Waals surface area contributed by atoms with Crippen LogP contribution < -0.4 is 4.90 Å². The maximum absolute atomic E-state index is 5.42. The minimum atomic E-state index is 0.368. The first kappa shape index (κ1) is 9.86. The highest BCUT2D eigenvalue weighted by Gasteiger charge is 2.17. The van der Waals surface area contributed by atoms with Crippen LogP contribution >= 0.6 is 15.9 Å². The minimum absolute atomic E-state index is 0.368. The Bertz CT molecular complexity index is 283. The second-order valence-corrected chi connectivity index (χ2v) is 4.50. The first-order chi connectivity index (χ1) is 6.86. The topological polar surface area (TPSA) is 38.2 Å². The van der Waals surface area contributed by atoms with Gasteiger partial charge in [0, 0.05) is 19.3 Å². The molecule has 1 saturated heterocycles. The van der Waals surface area contributed by atoms with Gasteiger partial charge in [-0.1, -0.05) is 15.9 Å². The fourth-order valence-corrected chi connectivity index (χ4v) is 1.98. The summed E-state index contributed by atoms with van der Waals surface area (Å²) in [6.07, 6.45) is 1.68. The molecule has 0 aromatic carbocycles. The molecule has 0 bridgehead atoms. The Morgan fingerprint density at radius 1 is 1.57 bits per heavy atom. The molecule has 1 aliphatic heterocycles. The molecule has 1 aromatic rings. The van der Waals surface area contributed by atoms with Crippen LogP contribution in [0.1, 0.15) is 0 Å². The number of ether oxygens (including phenoxy) is 1. The van der Waals surface area contributed by atoms with Gasteiger partial charge in [-0.15, -0.1) is 5.10 Å². The van der Waals surface area contributed by atoms with Crippen LogP contribution in [0.5, 0.6) is 0 Å². The van der Waals surface area contributed by atoms with Crippen LogP contribution in [0.25, 0.3) is 0 Å². The van der Waals surface area contributed by atoms with Crippen molar-refractivity contribution in [1.29, 1.82) is 0 Å². The Hall–Kier alpha value is -0.680. The normalized spacial score (nSPS) is 23.2. The Morgan fingerprint density at radius 3 is 3.29 bits per heavy atom. The van der Waals surface area contributed by atoms with Crippen LogP contribution in [-0.2, 0) is 4.74 Å². The van der Waals surface area contributed by atoms with Crippen molar-refractivity contribution in [2.45, 2.75) is 4.83 Å². The van der Waals surface area contributed by atoms with Gasteiger partial charge in [0.05, 0.1) is 18.0 Å². The van der Waals surface area contributed by atoms with Crippen LogP contribution in [0.2, 0.25) is 0 Å². The van der Waals surface area contributed by atoms with Gasteiger partial charge in [0.15, 0.2) is 5.82 Å². The predicted octanol–water partition coefficient (Wildman–Crippen LogP) is 1.08. The maximum Gasteiger partial charge on any atom is 0.151 e. The molecule has 1 aliphatic rings. The van der Waals surface area contributed by atoms with Gasteiger partial charge in [-0.3, -0.25) is 0 Å². The van der Waals surface area contributed by atoms with Crippen LogP contribution in [0.3, 0.4) is 0 Å². The third-order valence-electron chi connectivity index (χ3n) is 2.10. The van der Waals surface area contributed by atoms with E-state index in [9.17, 15) is 0 Å². The average molecular weight is 258 g/mol. The van der Waals surface area contributed by atoms with E-state index >= 15 is 0 Å². The van der Waals surface area contributed by atoms with E-state index in [0.717, 1.165) is 32.1 Å². The Labute approximate surface area is 91.4 Å². The van der Waals surface area contributed by atoms with E-state index in [1.54, 1.807) is 6.20 Å². The van der Waals surface area contributed by atoms with Gasteiger partial charge in [0.1, 0.15) is 0 Å². The molecule has 1 atom stereocenters. The molecule has 0 radical (unpaired) electrons. The van der Waals surface area contributed by atoms with Gasteiger partial charge in [0.25, 0.3) is 0 Å². The number of aromatic nitrogens is 2. The zero-order valence-electron chi connectivity index (χ0n) is 7.77. The molecule has 2 heterocycles. The molecule has 0 N–H and O–H groups in total. The first-order valence-electron chi connectivity index (χ1n) is 4.61. The van der Waals surface area contributed by atoms with E-state index in [2.05, 4.69) is 31.0 Å². The molecule has 0 amide bonds. The Kier molecular flexibility index (Phi) is 3.31. The standard InChI is InChI=1S/C9H12BrN3O/c10-8-6-13(4-5-14-7-8)9-2-1-3-11-12-9/h1-3,8H,4-7H2. The summed E-state index contributed by atoms with van der Waals surface area (Å²) < 4.78 is 5.42. The molecule has 2 rings (SSSR count). The lowest BCUT2D eigenvalue weighted by Gasteiger charge is -2.21. The Balaban J connectivity index is 2.09. The van der Waals surface area contributed by atoms with E-state index in [1.165, 1.54) is 0 Å². The van der Waals surface area contributed by atoms with Gasteiger partial charge in [0.2, 0.25) is 0 Å². The molecule has 14 heavy (non-hydrogen) atoms. The van der Waals surface area contributed by atoms with E-state index in [0.29, 0.717) is 4.83 Å². The second-order valence-electron chi connectivity index (χ2n) is 3.20. The molecule has 1 fully saturated rings. The molecule has 0 aliphatic carbocycles. The summed E-state index contributed by atoms with van der Waals surface area (Å²) in [5.74, 6) is 0.919. The number of alkyl halides is 1. The molecule has 5 heteroatoms. The SMILES string of the molecule is BrC1COCCN(c2cccnn2)C1. The third kappa shape index (κ3) is 2.42. The highest BCUT2D eigenvalue weighted by Crippen LogP contribution is 2.14. The zero-order chi connectivity index (χ0) is 9.80. The van der Waals surface area contributed by atoms with Crippen molar-refractivity contribution < 1.29 is 4.74 Å². The molecule has 4 nitrogen and oxygen atoms in total. The van der Waals surface area contributed by atoms with E-state index in [4.69, 9.17) is 4.74 Å². The summed E-state index contributed by atoms with van der Waals surface area (Å²) >= 11 is 3.56. The lowest BCUT2D eigenvalue weighted by molar-refractivity contribution is 0.156. The maximum atomic E-state index is 5.42. The van der Waals surface area contributed by atoms with Crippen LogP contribution in [0.4, 0.5) is 5.82 Å².